The van der Waals surface area contributed by atoms with Gasteiger partial charge in [0, 0.05) is 54.0 Å². The van der Waals surface area contributed by atoms with Crippen molar-refractivity contribution in [2.45, 2.75) is 51.5 Å². The summed E-state index contributed by atoms with van der Waals surface area (Å²) >= 11 is 1.74. The van der Waals surface area contributed by atoms with Gasteiger partial charge in [-0.1, -0.05) is 19.3 Å². The lowest BCUT2D eigenvalue weighted by atomic mass is 9.81. The zero-order chi connectivity index (χ0) is 28.5. The molecule has 0 spiro atoms. The van der Waals surface area contributed by atoms with E-state index in [1.807, 2.05) is 37.4 Å². The maximum atomic E-state index is 12.7. The van der Waals surface area contributed by atoms with E-state index < -0.39 is 5.97 Å². The van der Waals surface area contributed by atoms with Crippen LogP contribution in [0.5, 0.6) is 5.88 Å². The minimum absolute atomic E-state index is 0.0692. The molecule has 40 heavy (non-hydrogen) atoms. The van der Waals surface area contributed by atoms with Crippen LogP contribution in [0.1, 0.15) is 66.2 Å². The molecule has 1 atom stereocenters. The fourth-order valence-corrected chi connectivity index (χ4v) is 5.43. The predicted octanol–water partition coefficient (Wildman–Crippen LogP) is 6.67. The molecule has 1 aliphatic carbocycles. The highest BCUT2D eigenvalue weighted by atomic mass is 32.2. The molecule has 0 aliphatic heterocycles. The minimum atomic E-state index is -0.922. The van der Waals surface area contributed by atoms with E-state index in [0.717, 1.165) is 46.9 Å². The second-order valence-corrected chi connectivity index (χ2v) is 11.3. The Labute approximate surface area is 240 Å². The van der Waals surface area contributed by atoms with Crippen LogP contribution in [-0.2, 0) is 4.79 Å². The van der Waals surface area contributed by atoms with Crippen LogP contribution >= 0.6 is 11.8 Å². The van der Waals surface area contributed by atoms with Crippen molar-refractivity contribution in [2.75, 3.05) is 37.5 Å². The quantitative estimate of drug-likeness (QED) is 0.221. The number of benzene rings is 1. The molecule has 0 saturated heterocycles. The monoisotopic (exact) mass is 565 g/mol. The normalized spacial score (nSPS) is 14.5. The van der Waals surface area contributed by atoms with Gasteiger partial charge in [0.2, 0.25) is 5.88 Å². The molecule has 3 aromatic rings. The first-order chi connectivity index (χ1) is 19.4. The number of hydrogen-bond donors (Lipinski definition) is 2. The Balaban J connectivity index is 1.51. The van der Waals surface area contributed by atoms with Crippen LogP contribution in [0, 0.1) is 12.8 Å². The molecule has 1 unspecified atom stereocenters. The number of carbonyl (C=O) groups excluding carboxylic acids is 1. The Morgan fingerprint density at radius 1 is 1.18 bits per heavy atom. The zero-order valence-corrected chi connectivity index (χ0v) is 24.3. The first-order valence-corrected chi connectivity index (χ1v) is 15.3. The Kier molecular flexibility index (Phi) is 10.5. The summed E-state index contributed by atoms with van der Waals surface area (Å²) in [7, 11) is 1.62. The molecule has 2 aromatic heterocycles. The van der Waals surface area contributed by atoms with Gasteiger partial charge in [0.05, 0.1) is 19.1 Å². The van der Waals surface area contributed by atoms with Crippen molar-refractivity contribution in [1.29, 1.82) is 0 Å². The van der Waals surface area contributed by atoms with Crippen LogP contribution < -0.4 is 10.1 Å². The topological polar surface area (TPSA) is 105 Å². The first-order valence-electron chi connectivity index (χ1n) is 13.9. The van der Waals surface area contributed by atoms with Gasteiger partial charge in [-0.25, -0.2) is 4.98 Å². The molecule has 214 valence electrons. The zero-order valence-electron chi connectivity index (χ0n) is 23.5. The largest absolute Gasteiger partial charge is 0.481 e. The molecule has 9 heteroatoms. The maximum absolute atomic E-state index is 12.7. The Morgan fingerprint density at radius 3 is 2.58 bits per heavy atom. The third kappa shape index (κ3) is 7.81. The first kappa shape index (κ1) is 29.5. The molecule has 1 saturated carbocycles. The van der Waals surface area contributed by atoms with Crippen LogP contribution in [0.25, 0.3) is 11.3 Å². The van der Waals surface area contributed by atoms with E-state index >= 15 is 0 Å². The molecule has 4 rings (SSSR count). The van der Waals surface area contributed by atoms with E-state index in [1.54, 1.807) is 37.1 Å². The van der Waals surface area contributed by atoms with Crippen molar-refractivity contribution in [3.8, 4) is 17.2 Å². The number of nitrogens with one attached hydrogen (secondary N) is 1. The van der Waals surface area contributed by atoms with Crippen molar-refractivity contribution in [3.05, 3.63) is 65.5 Å². The Hall–Kier alpha value is -3.46. The van der Waals surface area contributed by atoms with Crippen molar-refractivity contribution in [1.82, 2.24) is 9.88 Å². The molecular weight excluding hydrogens is 526 g/mol. The summed E-state index contributed by atoms with van der Waals surface area (Å²) < 4.78 is 11.9. The van der Waals surface area contributed by atoms with Crippen molar-refractivity contribution in [3.63, 3.8) is 0 Å². The van der Waals surface area contributed by atoms with Gasteiger partial charge in [-0.15, -0.1) is 0 Å². The fourth-order valence-electron chi connectivity index (χ4n) is 5.18. The number of aromatic nitrogens is 1. The van der Waals surface area contributed by atoms with E-state index in [0.29, 0.717) is 24.0 Å². The number of aliphatic carboxylic acids is 1. The lowest BCUT2D eigenvalue weighted by Crippen LogP contribution is -2.29. The summed E-state index contributed by atoms with van der Waals surface area (Å²) in [6.45, 7) is 2.81. The SMILES string of the molecule is CSCCOc1ccc(-c2cc(C(Nc3ccc(C(=O)N(C)CCC(=O)O)cc3)C3CCCCC3)c(C)o2)cn1. The van der Waals surface area contributed by atoms with E-state index in [-0.39, 0.29) is 24.9 Å². The second kappa shape index (κ2) is 14.3. The number of hydrogen-bond acceptors (Lipinski definition) is 7. The molecule has 1 amide bonds. The molecular formula is C31H39N3O5S. The summed E-state index contributed by atoms with van der Waals surface area (Å²) in [5.41, 5.74) is 3.50. The lowest BCUT2D eigenvalue weighted by molar-refractivity contribution is -0.137. The van der Waals surface area contributed by atoms with Crippen molar-refractivity contribution >= 4 is 29.3 Å². The van der Waals surface area contributed by atoms with Crippen molar-refractivity contribution in [2.24, 2.45) is 5.92 Å². The van der Waals surface area contributed by atoms with Crippen LogP contribution in [0.15, 0.2) is 53.1 Å². The van der Waals surface area contributed by atoms with Gasteiger partial charge >= 0.3 is 5.97 Å². The fraction of sp³-hybridized carbons (Fsp3) is 0.452. The van der Waals surface area contributed by atoms with E-state index in [1.165, 1.54) is 24.2 Å². The Bertz CT molecular complexity index is 1250. The minimum Gasteiger partial charge on any atom is -0.481 e. The van der Waals surface area contributed by atoms with Gasteiger partial charge in [0.25, 0.3) is 5.91 Å². The summed E-state index contributed by atoms with van der Waals surface area (Å²) in [5, 5.41) is 12.7. The second-order valence-electron chi connectivity index (χ2n) is 10.3. The van der Waals surface area contributed by atoms with Gasteiger partial charge in [0.1, 0.15) is 11.5 Å². The van der Waals surface area contributed by atoms with Crippen LogP contribution in [0.4, 0.5) is 5.69 Å². The molecule has 1 fully saturated rings. The highest BCUT2D eigenvalue weighted by molar-refractivity contribution is 7.98. The lowest BCUT2D eigenvalue weighted by Gasteiger charge is -2.31. The van der Waals surface area contributed by atoms with E-state index in [4.69, 9.17) is 14.3 Å². The number of rotatable bonds is 13. The summed E-state index contributed by atoms with van der Waals surface area (Å²) in [5.74, 6) is 2.54. The summed E-state index contributed by atoms with van der Waals surface area (Å²) in [4.78, 5) is 29.5. The Morgan fingerprint density at radius 2 is 1.93 bits per heavy atom. The van der Waals surface area contributed by atoms with Gasteiger partial charge in [-0.3, -0.25) is 9.59 Å². The van der Waals surface area contributed by atoms with Crippen LogP contribution in [0.2, 0.25) is 0 Å². The number of nitrogens with zero attached hydrogens (tertiary/aromatic N) is 2. The summed E-state index contributed by atoms with van der Waals surface area (Å²) in [6.07, 6.45) is 9.75. The van der Waals surface area contributed by atoms with Gasteiger partial charge < -0.3 is 24.5 Å². The molecule has 2 N–H and O–H groups in total. The highest BCUT2D eigenvalue weighted by Crippen LogP contribution is 2.40. The van der Waals surface area contributed by atoms with Crippen LogP contribution in [0.3, 0.4) is 0 Å². The third-order valence-corrected chi connectivity index (χ3v) is 8.01. The molecule has 2 heterocycles. The molecule has 8 nitrogen and oxygen atoms in total. The van der Waals surface area contributed by atoms with Gasteiger partial charge in [0.15, 0.2) is 0 Å². The smallest absolute Gasteiger partial charge is 0.305 e. The predicted molar refractivity (Wildman–Crippen MR) is 159 cm³/mol. The molecule has 1 aromatic carbocycles. The number of ether oxygens (including phenoxy) is 1. The standard InChI is InChI=1S/C31H39N3O5S/c1-21-26(19-27(39-21)24-11-14-28(32-20-24)38-17-18-40-3)30(22-7-5-4-6-8-22)33-25-12-9-23(10-13-25)31(37)34(2)16-15-29(35)36/h9-14,19-20,22,30,33H,4-8,15-18H2,1-3H3,(H,35,36). The van der Waals surface area contributed by atoms with Gasteiger partial charge in [-0.05, 0) is 68.3 Å². The molecule has 0 bridgehead atoms. The van der Waals surface area contributed by atoms with Crippen molar-refractivity contribution < 1.29 is 23.8 Å². The maximum Gasteiger partial charge on any atom is 0.305 e. The molecule has 0 radical (unpaired) electrons. The number of aryl methyl sites for hydroxylation is 1. The van der Waals surface area contributed by atoms with Crippen LogP contribution in [-0.4, -0.2) is 59.1 Å². The third-order valence-electron chi connectivity index (χ3n) is 7.43. The average molecular weight is 566 g/mol. The molecule has 1 aliphatic rings. The number of thioether (sulfide) groups is 1. The average Bonchev–Trinajstić information content (AvgIpc) is 3.36. The number of amides is 1. The number of carboxylic acids is 1. The number of carboxylic acid groups (broad SMARTS) is 1. The van der Waals surface area contributed by atoms with E-state index in [9.17, 15) is 9.59 Å². The number of carbonyl (C=O) groups is 2. The number of pyridine rings is 1. The highest BCUT2D eigenvalue weighted by Gasteiger charge is 2.29. The number of furan rings is 1. The van der Waals surface area contributed by atoms with E-state index in [2.05, 4.69) is 16.4 Å². The van der Waals surface area contributed by atoms with Gasteiger partial charge in [-0.2, -0.15) is 11.8 Å². The summed E-state index contributed by atoms with van der Waals surface area (Å²) in [6, 6.07) is 13.5. The number of anilines is 1.